The van der Waals surface area contributed by atoms with Gasteiger partial charge in [0.1, 0.15) is 12.4 Å². The van der Waals surface area contributed by atoms with Gasteiger partial charge in [0.05, 0.1) is 19.1 Å². The first-order valence-corrected chi connectivity index (χ1v) is 14.9. The molecule has 0 radical (unpaired) electrons. The summed E-state index contributed by atoms with van der Waals surface area (Å²) in [5, 5.41) is 0. The van der Waals surface area contributed by atoms with Crippen LogP contribution >= 0.6 is 0 Å². The number of amides is 1. The average molecular weight is 532 g/mol. The van der Waals surface area contributed by atoms with E-state index in [9.17, 15) is 21.6 Å². The van der Waals surface area contributed by atoms with Crippen molar-refractivity contribution in [2.24, 2.45) is 0 Å². The van der Waals surface area contributed by atoms with Crippen LogP contribution in [0.3, 0.4) is 0 Å². The van der Waals surface area contributed by atoms with Crippen LogP contribution in [0, 0.1) is 0 Å². The molecule has 0 unspecified atom stereocenters. The molecule has 0 bridgehead atoms. The summed E-state index contributed by atoms with van der Waals surface area (Å²) in [6.07, 6.45) is 2.75. The second-order valence-electron chi connectivity index (χ2n) is 8.23. The molecule has 2 N–H and O–H groups in total. The lowest BCUT2D eigenvalue weighted by Crippen LogP contribution is -2.36. The summed E-state index contributed by atoms with van der Waals surface area (Å²) >= 11 is 0. The number of anilines is 2. The van der Waals surface area contributed by atoms with E-state index in [4.69, 9.17) is 4.74 Å². The van der Waals surface area contributed by atoms with Crippen LogP contribution in [0.4, 0.5) is 11.4 Å². The van der Waals surface area contributed by atoms with Crippen LogP contribution in [0.5, 0.6) is 5.75 Å². The number of ether oxygens (including phenoxy) is 1. The van der Waals surface area contributed by atoms with E-state index < -0.39 is 20.0 Å². The van der Waals surface area contributed by atoms with Gasteiger partial charge in [-0.15, -0.1) is 0 Å². The van der Waals surface area contributed by atoms with Crippen LogP contribution in [-0.2, 0) is 26.5 Å². The summed E-state index contributed by atoms with van der Waals surface area (Å²) in [7, 11) is -6.71. The fourth-order valence-corrected chi connectivity index (χ4v) is 4.53. The van der Waals surface area contributed by atoms with Gasteiger partial charge in [-0.3, -0.25) is 14.2 Å². The van der Waals surface area contributed by atoms with E-state index in [1.165, 1.54) is 0 Å². The summed E-state index contributed by atoms with van der Waals surface area (Å²) in [4.78, 5) is 14.8. The molecule has 11 heteroatoms. The first-order chi connectivity index (χ1) is 17.0. The Hall–Kier alpha value is -3.57. The predicted octanol–water partition coefficient (Wildman–Crippen LogP) is 3.19. The van der Waals surface area contributed by atoms with E-state index in [2.05, 4.69) is 9.44 Å². The first kappa shape index (κ1) is 27.0. The van der Waals surface area contributed by atoms with Gasteiger partial charge in [-0.25, -0.2) is 16.8 Å². The normalized spacial score (nSPS) is 11.5. The van der Waals surface area contributed by atoms with E-state index >= 15 is 0 Å². The van der Waals surface area contributed by atoms with Crippen LogP contribution in [0.1, 0.15) is 15.9 Å². The maximum atomic E-state index is 13.1. The molecule has 3 rings (SSSR count). The van der Waals surface area contributed by atoms with E-state index in [0.29, 0.717) is 42.2 Å². The maximum Gasteiger partial charge on any atom is 0.253 e. The number of nitrogens with zero attached hydrogens (tertiary/aromatic N) is 1. The standard InChI is InChI=1S/C25H29N3O6S2/c1-35(30,31)26-22-10-8-20(9-11-22)16-17-28(25(29)21-6-4-3-5-7-21)18-19-34-24-14-12-23(13-15-24)27-36(2,32)33/h3-15,26-27H,16-19H2,1-2H3. The van der Waals surface area contributed by atoms with Crippen LogP contribution in [-0.4, -0.2) is 59.9 Å². The van der Waals surface area contributed by atoms with Gasteiger partial charge in [0.2, 0.25) is 20.0 Å². The summed E-state index contributed by atoms with van der Waals surface area (Å²) < 4.78 is 56.1. The van der Waals surface area contributed by atoms with Crippen molar-refractivity contribution in [3.8, 4) is 5.75 Å². The molecule has 3 aromatic rings. The minimum atomic E-state index is -3.36. The van der Waals surface area contributed by atoms with Crippen LogP contribution in [0.2, 0.25) is 0 Å². The molecule has 192 valence electrons. The third-order valence-electron chi connectivity index (χ3n) is 5.02. The highest BCUT2D eigenvalue weighted by atomic mass is 32.2. The number of nitrogens with one attached hydrogen (secondary N) is 2. The molecule has 0 aliphatic carbocycles. The number of hydrogen-bond acceptors (Lipinski definition) is 6. The highest BCUT2D eigenvalue weighted by Crippen LogP contribution is 2.17. The zero-order valence-electron chi connectivity index (χ0n) is 20.0. The van der Waals surface area contributed by atoms with Crippen molar-refractivity contribution >= 4 is 37.3 Å². The SMILES string of the molecule is CS(=O)(=O)Nc1ccc(CCN(CCOc2ccc(NS(C)(=O)=O)cc2)C(=O)c2ccccc2)cc1. The maximum absolute atomic E-state index is 13.1. The van der Waals surface area contributed by atoms with Crippen LogP contribution in [0.25, 0.3) is 0 Å². The van der Waals surface area contributed by atoms with Crippen molar-refractivity contribution in [1.29, 1.82) is 0 Å². The number of benzene rings is 3. The lowest BCUT2D eigenvalue weighted by molar-refractivity contribution is 0.0732. The third-order valence-corrected chi connectivity index (χ3v) is 6.24. The van der Waals surface area contributed by atoms with Crippen molar-refractivity contribution in [2.45, 2.75) is 6.42 Å². The quantitative estimate of drug-likeness (QED) is 0.370. The van der Waals surface area contributed by atoms with Crippen molar-refractivity contribution < 1.29 is 26.4 Å². The Morgan fingerprint density at radius 1 is 0.750 bits per heavy atom. The van der Waals surface area contributed by atoms with Crippen molar-refractivity contribution in [2.75, 3.05) is 41.7 Å². The molecule has 0 fully saturated rings. The second-order valence-corrected chi connectivity index (χ2v) is 11.7. The predicted molar refractivity (Wildman–Crippen MR) is 141 cm³/mol. The highest BCUT2D eigenvalue weighted by Gasteiger charge is 2.16. The molecule has 3 aromatic carbocycles. The molecular weight excluding hydrogens is 502 g/mol. The van der Waals surface area contributed by atoms with Gasteiger partial charge in [0.15, 0.2) is 0 Å². The monoisotopic (exact) mass is 531 g/mol. The van der Waals surface area contributed by atoms with Crippen LogP contribution in [0.15, 0.2) is 78.9 Å². The van der Waals surface area contributed by atoms with Crippen LogP contribution < -0.4 is 14.2 Å². The largest absolute Gasteiger partial charge is 0.492 e. The Kier molecular flexibility index (Phi) is 8.94. The third kappa shape index (κ3) is 9.23. The van der Waals surface area contributed by atoms with Crippen molar-refractivity contribution in [3.63, 3.8) is 0 Å². The zero-order chi connectivity index (χ0) is 26.2. The summed E-state index contributed by atoms with van der Waals surface area (Å²) in [6.45, 7) is 1.02. The number of carbonyl (C=O) groups excluding carboxylic acids is 1. The number of rotatable bonds is 12. The highest BCUT2D eigenvalue weighted by molar-refractivity contribution is 7.92. The Morgan fingerprint density at radius 3 is 1.81 bits per heavy atom. The van der Waals surface area contributed by atoms with Gasteiger partial charge in [0, 0.05) is 23.5 Å². The Morgan fingerprint density at radius 2 is 1.28 bits per heavy atom. The van der Waals surface area contributed by atoms with Gasteiger partial charge in [-0.05, 0) is 60.5 Å². The van der Waals surface area contributed by atoms with Gasteiger partial charge in [0.25, 0.3) is 5.91 Å². The number of sulfonamides is 2. The van der Waals surface area contributed by atoms with E-state index in [1.807, 2.05) is 30.3 Å². The average Bonchev–Trinajstić information content (AvgIpc) is 2.81. The minimum absolute atomic E-state index is 0.123. The molecule has 1 amide bonds. The van der Waals surface area contributed by atoms with Gasteiger partial charge < -0.3 is 9.64 Å². The Labute approximate surface area is 212 Å². The fourth-order valence-electron chi connectivity index (χ4n) is 3.40. The molecule has 0 aromatic heterocycles. The smallest absolute Gasteiger partial charge is 0.253 e. The number of carbonyl (C=O) groups is 1. The minimum Gasteiger partial charge on any atom is -0.492 e. The van der Waals surface area contributed by atoms with Crippen molar-refractivity contribution in [3.05, 3.63) is 90.0 Å². The molecule has 0 spiro atoms. The first-order valence-electron chi connectivity index (χ1n) is 11.1. The van der Waals surface area contributed by atoms with Crippen molar-refractivity contribution in [1.82, 2.24) is 4.90 Å². The molecule has 0 heterocycles. The second kappa shape index (κ2) is 11.9. The molecule has 0 aliphatic rings. The molecule has 0 saturated carbocycles. The topological polar surface area (TPSA) is 122 Å². The molecule has 0 aliphatic heterocycles. The lowest BCUT2D eigenvalue weighted by atomic mass is 10.1. The fraction of sp³-hybridized carbons (Fsp3) is 0.240. The zero-order valence-corrected chi connectivity index (χ0v) is 21.7. The lowest BCUT2D eigenvalue weighted by Gasteiger charge is -2.23. The molecular formula is C25H29N3O6S2. The Bertz CT molecular complexity index is 1360. The van der Waals surface area contributed by atoms with Gasteiger partial charge >= 0.3 is 0 Å². The van der Waals surface area contributed by atoms with E-state index in [1.54, 1.807) is 53.4 Å². The Balaban J connectivity index is 1.62. The molecule has 9 nitrogen and oxygen atoms in total. The molecule has 0 atom stereocenters. The molecule has 36 heavy (non-hydrogen) atoms. The van der Waals surface area contributed by atoms with E-state index in [0.717, 1.165) is 18.1 Å². The van der Waals surface area contributed by atoms with Gasteiger partial charge in [-0.2, -0.15) is 0 Å². The summed E-state index contributed by atoms with van der Waals surface area (Å²) in [6, 6.07) is 22.5. The summed E-state index contributed by atoms with van der Waals surface area (Å²) in [5.41, 5.74) is 2.43. The van der Waals surface area contributed by atoms with E-state index in [-0.39, 0.29) is 12.5 Å². The molecule has 0 saturated heterocycles. The van der Waals surface area contributed by atoms with Gasteiger partial charge in [-0.1, -0.05) is 30.3 Å². The summed E-state index contributed by atoms with van der Waals surface area (Å²) in [5.74, 6) is 0.428. The number of hydrogen-bond donors (Lipinski definition) is 2.